The van der Waals surface area contributed by atoms with Crippen molar-refractivity contribution in [3.63, 3.8) is 0 Å². The predicted octanol–water partition coefficient (Wildman–Crippen LogP) is 2.19. The maximum absolute atomic E-state index is 12.9. The van der Waals surface area contributed by atoms with E-state index in [1.165, 1.54) is 12.1 Å². The van der Waals surface area contributed by atoms with Crippen molar-refractivity contribution in [3.05, 3.63) is 83.9 Å². The van der Waals surface area contributed by atoms with Gasteiger partial charge in [-0.05, 0) is 48.0 Å². The topological polar surface area (TPSA) is 81.1 Å². The van der Waals surface area contributed by atoms with Gasteiger partial charge in [0.1, 0.15) is 5.82 Å². The van der Waals surface area contributed by atoms with E-state index in [9.17, 15) is 17.6 Å². The number of hydrogen-bond acceptors (Lipinski definition) is 4. The molecule has 3 aromatic rings. The Morgan fingerprint density at radius 2 is 1.76 bits per heavy atom. The van der Waals surface area contributed by atoms with Gasteiger partial charge in [-0.15, -0.1) is 0 Å². The molecule has 0 fully saturated rings. The van der Waals surface area contributed by atoms with Crippen LogP contribution in [0.1, 0.15) is 15.9 Å². The van der Waals surface area contributed by atoms with Crippen molar-refractivity contribution in [2.75, 3.05) is 0 Å². The van der Waals surface area contributed by atoms with E-state index < -0.39 is 21.7 Å². The minimum absolute atomic E-state index is 0.183. The molecule has 0 unspecified atom stereocenters. The van der Waals surface area contributed by atoms with Crippen LogP contribution >= 0.6 is 0 Å². The minimum Gasteiger partial charge on any atom is -0.268 e. The summed E-state index contributed by atoms with van der Waals surface area (Å²) in [5, 5.41) is 4.09. The van der Waals surface area contributed by atoms with Crippen LogP contribution in [0.3, 0.4) is 0 Å². The second kappa shape index (κ2) is 6.86. The number of carbonyl (C=O) groups is 1. The van der Waals surface area contributed by atoms with Crippen molar-refractivity contribution in [2.45, 2.75) is 11.4 Å². The monoisotopic (exact) mass is 359 g/mol. The number of rotatable bonds is 5. The number of hydrogen-bond donors (Lipinski definition) is 1. The van der Waals surface area contributed by atoms with Crippen LogP contribution in [-0.4, -0.2) is 24.1 Å². The van der Waals surface area contributed by atoms with Gasteiger partial charge in [-0.25, -0.2) is 17.5 Å². The summed E-state index contributed by atoms with van der Waals surface area (Å²) in [6.07, 6.45) is 3.48. The highest BCUT2D eigenvalue weighted by Gasteiger charge is 2.18. The van der Waals surface area contributed by atoms with Crippen LogP contribution in [0.4, 0.5) is 4.39 Å². The van der Waals surface area contributed by atoms with E-state index in [1.54, 1.807) is 23.0 Å². The molecule has 1 N–H and O–H groups in total. The van der Waals surface area contributed by atoms with Crippen LogP contribution in [0.5, 0.6) is 0 Å². The van der Waals surface area contributed by atoms with Crippen LogP contribution in [0.2, 0.25) is 0 Å². The Morgan fingerprint density at radius 1 is 1.08 bits per heavy atom. The van der Waals surface area contributed by atoms with E-state index in [1.807, 2.05) is 17.0 Å². The number of nitrogens with one attached hydrogen (secondary N) is 1. The summed E-state index contributed by atoms with van der Waals surface area (Å²) < 4.78 is 40.9. The van der Waals surface area contributed by atoms with Gasteiger partial charge >= 0.3 is 0 Å². The molecule has 0 aliphatic heterocycles. The molecule has 8 heteroatoms. The van der Waals surface area contributed by atoms with Gasteiger partial charge in [0.15, 0.2) is 0 Å². The molecular weight excluding hydrogens is 345 g/mol. The van der Waals surface area contributed by atoms with Gasteiger partial charge in [-0.2, -0.15) is 5.10 Å². The second-order valence-corrected chi connectivity index (χ2v) is 6.97. The molecule has 1 heterocycles. The SMILES string of the molecule is O=C(NS(=O)(=O)c1ccc(F)cc1)c1ccc(Cn2cccn2)cc1. The molecule has 3 rings (SSSR count). The van der Waals surface area contributed by atoms with Crippen molar-refractivity contribution in [1.29, 1.82) is 0 Å². The number of halogens is 1. The lowest BCUT2D eigenvalue weighted by molar-refractivity contribution is 0.0981. The minimum atomic E-state index is -4.06. The highest BCUT2D eigenvalue weighted by Crippen LogP contribution is 2.11. The fourth-order valence-corrected chi connectivity index (χ4v) is 3.17. The molecule has 25 heavy (non-hydrogen) atoms. The van der Waals surface area contributed by atoms with Gasteiger partial charge in [-0.1, -0.05) is 12.1 Å². The Hall–Kier alpha value is -3.00. The molecule has 0 aliphatic rings. The van der Waals surface area contributed by atoms with Gasteiger partial charge in [0.25, 0.3) is 15.9 Å². The van der Waals surface area contributed by atoms with E-state index in [0.717, 1.165) is 29.8 Å². The molecule has 0 aliphatic carbocycles. The van der Waals surface area contributed by atoms with Gasteiger partial charge in [-0.3, -0.25) is 9.48 Å². The van der Waals surface area contributed by atoms with E-state index in [0.29, 0.717) is 6.54 Å². The van der Waals surface area contributed by atoms with Crippen LogP contribution < -0.4 is 4.72 Å². The third kappa shape index (κ3) is 4.10. The van der Waals surface area contributed by atoms with Gasteiger partial charge in [0.05, 0.1) is 11.4 Å². The lowest BCUT2D eigenvalue weighted by Gasteiger charge is -2.08. The fourth-order valence-electron chi connectivity index (χ4n) is 2.20. The van der Waals surface area contributed by atoms with Crippen molar-refractivity contribution in [3.8, 4) is 0 Å². The molecule has 128 valence electrons. The summed E-state index contributed by atoms with van der Waals surface area (Å²) in [5.74, 6) is -1.31. The molecule has 0 bridgehead atoms. The zero-order valence-corrected chi connectivity index (χ0v) is 13.8. The molecule has 1 amide bonds. The maximum atomic E-state index is 12.9. The average Bonchev–Trinajstić information content (AvgIpc) is 3.08. The first kappa shape index (κ1) is 16.8. The number of benzene rings is 2. The van der Waals surface area contributed by atoms with Gasteiger partial charge in [0.2, 0.25) is 0 Å². The van der Waals surface area contributed by atoms with Crippen LogP contribution in [-0.2, 0) is 16.6 Å². The fraction of sp³-hybridized carbons (Fsp3) is 0.0588. The summed E-state index contributed by atoms with van der Waals surface area (Å²) in [6, 6.07) is 12.6. The standard InChI is InChI=1S/C17H14FN3O3S/c18-15-6-8-16(9-7-15)25(23,24)20-17(22)14-4-2-13(3-5-14)12-21-11-1-10-19-21/h1-11H,12H2,(H,20,22). The van der Waals surface area contributed by atoms with Crippen molar-refractivity contribution in [1.82, 2.24) is 14.5 Å². The van der Waals surface area contributed by atoms with Crippen molar-refractivity contribution in [2.24, 2.45) is 0 Å². The van der Waals surface area contributed by atoms with E-state index >= 15 is 0 Å². The highest BCUT2D eigenvalue weighted by molar-refractivity contribution is 7.90. The van der Waals surface area contributed by atoms with E-state index in [4.69, 9.17) is 0 Å². The molecule has 0 saturated carbocycles. The molecule has 0 spiro atoms. The number of amides is 1. The number of carbonyl (C=O) groups excluding carboxylic acids is 1. The Kier molecular flexibility index (Phi) is 4.62. The summed E-state index contributed by atoms with van der Waals surface area (Å²) >= 11 is 0. The highest BCUT2D eigenvalue weighted by atomic mass is 32.2. The van der Waals surface area contributed by atoms with E-state index in [2.05, 4.69) is 5.10 Å². The first-order valence-corrected chi connectivity index (χ1v) is 8.81. The Balaban J connectivity index is 1.71. The quantitative estimate of drug-likeness (QED) is 0.757. The Bertz CT molecular complexity index is 967. The third-order valence-corrected chi connectivity index (χ3v) is 4.82. The molecule has 2 aromatic carbocycles. The van der Waals surface area contributed by atoms with Crippen LogP contribution in [0.15, 0.2) is 71.9 Å². The summed E-state index contributed by atoms with van der Waals surface area (Å²) in [5.41, 5.74) is 1.12. The second-order valence-electron chi connectivity index (χ2n) is 5.29. The van der Waals surface area contributed by atoms with Crippen molar-refractivity contribution < 1.29 is 17.6 Å². The largest absolute Gasteiger partial charge is 0.268 e. The average molecular weight is 359 g/mol. The normalized spacial score (nSPS) is 11.2. The number of sulfonamides is 1. The smallest absolute Gasteiger partial charge is 0.264 e. The lowest BCUT2D eigenvalue weighted by atomic mass is 10.1. The number of aromatic nitrogens is 2. The molecule has 0 radical (unpaired) electrons. The first-order valence-electron chi connectivity index (χ1n) is 7.33. The van der Waals surface area contributed by atoms with E-state index in [-0.39, 0.29) is 10.5 Å². The number of nitrogens with zero attached hydrogens (tertiary/aromatic N) is 2. The summed E-state index contributed by atoms with van der Waals surface area (Å²) in [7, 11) is -4.06. The lowest BCUT2D eigenvalue weighted by Crippen LogP contribution is -2.30. The molecule has 6 nitrogen and oxygen atoms in total. The zero-order chi connectivity index (χ0) is 17.9. The van der Waals surface area contributed by atoms with Crippen LogP contribution in [0.25, 0.3) is 0 Å². The Morgan fingerprint density at radius 3 is 2.36 bits per heavy atom. The summed E-state index contributed by atoms with van der Waals surface area (Å²) in [6.45, 7) is 0.544. The molecule has 0 atom stereocenters. The molecule has 0 saturated heterocycles. The zero-order valence-electron chi connectivity index (χ0n) is 13.0. The van der Waals surface area contributed by atoms with Gasteiger partial charge < -0.3 is 0 Å². The van der Waals surface area contributed by atoms with Crippen molar-refractivity contribution >= 4 is 15.9 Å². The maximum Gasteiger partial charge on any atom is 0.264 e. The predicted molar refractivity (Wildman–Crippen MR) is 88.8 cm³/mol. The van der Waals surface area contributed by atoms with Gasteiger partial charge in [0, 0.05) is 18.0 Å². The molecular formula is C17H14FN3O3S. The first-order chi connectivity index (χ1) is 11.9. The summed E-state index contributed by atoms with van der Waals surface area (Å²) in [4.78, 5) is 12.0. The third-order valence-electron chi connectivity index (χ3n) is 3.47. The Labute approximate surface area is 144 Å². The molecule has 1 aromatic heterocycles. The van der Waals surface area contributed by atoms with Crippen LogP contribution in [0, 0.1) is 5.82 Å².